The first-order chi connectivity index (χ1) is 8.97. The van der Waals surface area contributed by atoms with E-state index in [4.69, 9.17) is 10.6 Å². The molecule has 7 nitrogen and oxygen atoms in total. The van der Waals surface area contributed by atoms with Crippen molar-refractivity contribution in [1.29, 1.82) is 0 Å². The molecule has 0 radical (unpaired) electrons. The minimum Gasteiger partial charge on any atom is -0.382 e. The van der Waals surface area contributed by atoms with Crippen LogP contribution in [0, 0.1) is 0 Å². The standard InChI is InChI=1S/C11H16N5O2P/c1-19(17,18)6-4-2-3-5-16-8-15-9-10(12)13-7-14-11(9)16/h2-3,7-8H,4-6H2,1H3,(H,17,18)(H2,12,13,14)/b3-2-. The lowest BCUT2D eigenvalue weighted by Crippen LogP contribution is -1.97. The van der Waals surface area contributed by atoms with Gasteiger partial charge in [-0.2, -0.15) is 0 Å². The Bertz CT molecular complexity index is 646. The van der Waals surface area contributed by atoms with E-state index in [0.717, 1.165) is 0 Å². The van der Waals surface area contributed by atoms with Gasteiger partial charge in [0.1, 0.15) is 11.8 Å². The monoisotopic (exact) mass is 281 g/mol. The minimum absolute atomic E-state index is 0.295. The van der Waals surface area contributed by atoms with Crippen molar-refractivity contribution in [1.82, 2.24) is 19.5 Å². The molecule has 2 aromatic rings. The average Bonchev–Trinajstić information content (AvgIpc) is 2.72. The van der Waals surface area contributed by atoms with Crippen LogP contribution in [0.4, 0.5) is 5.82 Å². The molecule has 0 amide bonds. The second-order valence-electron chi connectivity index (χ2n) is 4.36. The summed E-state index contributed by atoms with van der Waals surface area (Å²) in [7, 11) is -2.92. The number of hydrogen-bond acceptors (Lipinski definition) is 5. The number of imidazole rings is 1. The Morgan fingerprint density at radius 3 is 2.95 bits per heavy atom. The highest BCUT2D eigenvalue weighted by atomic mass is 31.2. The van der Waals surface area contributed by atoms with Gasteiger partial charge < -0.3 is 15.2 Å². The number of rotatable bonds is 5. The third-order valence-electron chi connectivity index (χ3n) is 2.61. The van der Waals surface area contributed by atoms with Crippen LogP contribution in [0.5, 0.6) is 0 Å². The molecule has 0 aliphatic heterocycles. The summed E-state index contributed by atoms with van der Waals surface area (Å²) in [5.74, 6) is 0.361. The molecule has 0 aromatic carbocycles. The molecule has 2 aromatic heterocycles. The first-order valence-corrected chi connectivity index (χ1v) is 8.12. The number of nitrogens with two attached hydrogens (primary N) is 1. The summed E-state index contributed by atoms with van der Waals surface area (Å²) in [6.07, 6.45) is 7.71. The first-order valence-electron chi connectivity index (χ1n) is 5.83. The molecule has 0 aliphatic carbocycles. The Labute approximate surface area is 110 Å². The first kappa shape index (κ1) is 13.7. The van der Waals surface area contributed by atoms with Gasteiger partial charge in [0.15, 0.2) is 18.8 Å². The van der Waals surface area contributed by atoms with Crippen LogP contribution >= 0.6 is 7.37 Å². The predicted molar refractivity (Wildman–Crippen MR) is 74.1 cm³/mol. The number of aromatic nitrogens is 4. The molecule has 0 fully saturated rings. The average molecular weight is 281 g/mol. The Morgan fingerprint density at radius 2 is 2.21 bits per heavy atom. The Morgan fingerprint density at radius 1 is 1.42 bits per heavy atom. The lowest BCUT2D eigenvalue weighted by Gasteiger charge is -2.01. The summed E-state index contributed by atoms with van der Waals surface area (Å²) in [4.78, 5) is 21.3. The van der Waals surface area contributed by atoms with Crippen LogP contribution in [0.3, 0.4) is 0 Å². The van der Waals surface area contributed by atoms with Crippen molar-refractivity contribution in [2.45, 2.75) is 13.0 Å². The molecule has 1 atom stereocenters. The normalized spacial score (nSPS) is 15.1. The van der Waals surface area contributed by atoms with Gasteiger partial charge in [0.25, 0.3) is 0 Å². The smallest absolute Gasteiger partial charge is 0.197 e. The Hall–Kier alpha value is -1.72. The van der Waals surface area contributed by atoms with E-state index in [1.807, 2.05) is 16.7 Å². The van der Waals surface area contributed by atoms with Crippen LogP contribution in [0.25, 0.3) is 11.2 Å². The van der Waals surface area contributed by atoms with Crippen LogP contribution in [0.2, 0.25) is 0 Å². The van der Waals surface area contributed by atoms with Crippen LogP contribution in [-0.2, 0) is 11.1 Å². The fourth-order valence-corrected chi connectivity index (χ4v) is 2.28. The molecule has 0 saturated heterocycles. The summed E-state index contributed by atoms with van der Waals surface area (Å²) in [6, 6.07) is 0. The van der Waals surface area contributed by atoms with Gasteiger partial charge in [-0.25, -0.2) is 15.0 Å². The third-order valence-corrected chi connectivity index (χ3v) is 3.70. The van der Waals surface area contributed by atoms with Crippen molar-refractivity contribution in [3.8, 4) is 0 Å². The number of nitrogen functional groups attached to an aromatic ring is 1. The Balaban J connectivity index is 2.01. The fourth-order valence-electron chi connectivity index (χ4n) is 1.65. The molecule has 0 bridgehead atoms. The Kier molecular flexibility index (Phi) is 3.97. The van der Waals surface area contributed by atoms with Gasteiger partial charge in [0.2, 0.25) is 0 Å². The minimum atomic E-state index is -2.92. The molecule has 102 valence electrons. The molecule has 1 unspecified atom stereocenters. The lowest BCUT2D eigenvalue weighted by molar-refractivity contribution is 0.485. The summed E-state index contributed by atoms with van der Waals surface area (Å²) in [5, 5.41) is 0. The molecule has 3 N–H and O–H groups in total. The number of hydrogen-bond donors (Lipinski definition) is 2. The molecule has 8 heteroatoms. The molecular formula is C11H16N5O2P. The number of nitrogens with zero attached hydrogens (tertiary/aromatic N) is 4. The van der Waals surface area contributed by atoms with Crippen LogP contribution in [-0.4, -0.2) is 37.2 Å². The quantitative estimate of drug-likeness (QED) is 0.631. The summed E-state index contributed by atoms with van der Waals surface area (Å²) in [6.45, 7) is 1.95. The SMILES string of the molecule is CP(=O)(O)CC/C=C\Cn1cnc2c(N)ncnc21. The van der Waals surface area contributed by atoms with E-state index >= 15 is 0 Å². The van der Waals surface area contributed by atoms with Gasteiger partial charge in [-0.05, 0) is 6.42 Å². The fraction of sp³-hybridized carbons (Fsp3) is 0.364. The van der Waals surface area contributed by atoms with Gasteiger partial charge in [-0.15, -0.1) is 0 Å². The number of allylic oxidation sites excluding steroid dienone is 2. The van der Waals surface area contributed by atoms with Crippen molar-refractivity contribution in [3.05, 3.63) is 24.8 Å². The van der Waals surface area contributed by atoms with Crippen molar-refractivity contribution in [2.24, 2.45) is 0 Å². The van der Waals surface area contributed by atoms with Gasteiger partial charge >= 0.3 is 0 Å². The van der Waals surface area contributed by atoms with Crippen LogP contribution < -0.4 is 5.73 Å². The summed E-state index contributed by atoms with van der Waals surface area (Å²) >= 11 is 0. The van der Waals surface area contributed by atoms with Gasteiger partial charge in [0, 0.05) is 19.4 Å². The van der Waals surface area contributed by atoms with E-state index < -0.39 is 7.37 Å². The molecule has 0 saturated carbocycles. The second-order valence-corrected chi connectivity index (χ2v) is 6.91. The van der Waals surface area contributed by atoms with E-state index in [0.29, 0.717) is 36.1 Å². The topological polar surface area (TPSA) is 107 Å². The van der Waals surface area contributed by atoms with Crippen molar-refractivity contribution < 1.29 is 9.46 Å². The van der Waals surface area contributed by atoms with Gasteiger partial charge in [-0.1, -0.05) is 12.2 Å². The van der Waals surface area contributed by atoms with E-state index in [-0.39, 0.29) is 0 Å². The van der Waals surface area contributed by atoms with Crippen molar-refractivity contribution in [2.75, 3.05) is 18.6 Å². The van der Waals surface area contributed by atoms with E-state index in [9.17, 15) is 4.57 Å². The number of fused-ring (bicyclic) bond motifs is 1. The zero-order valence-corrected chi connectivity index (χ0v) is 11.5. The molecule has 0 aliphatic rings. The van der Waals surface area contributed by atoms with E-state index in [2.05, 4.69) is 15.0 Å². The number of anilines is 1. The predicted octanol–water partition coefficient (Wildman–Crippen LogP) is 1.25. The zero-order valence-electron chi connectivity index (χ0n) is 10.6. The van der Waals surface area contributed by atoms with Crippen molar-refractivity contribution in [3.63, 3.8) is 0 Å². The highest BCUT2D eigenvalue weighted by Gasteiger charge is 2.07. The maximum atomic E-state index is 11.1. The second kappa shape index (κ2) is 5.50. The highest BCUT2D eigenvalue weighted by molar-refractivity contribution is 7.57. The summed E-state index contributed by atoms with van der Waals surface area (Å²) in [5.41, 5.74) is 6.96. The third kappa shape index (κ3) is 3.62. The van der Waals surface area contributed by atoms with Crippen molar-refractivity contribution >= 4 is 24.4 Å². The van der Waals surface area contributed by atoms with E-state index in [1.54, 1.807) is 6.33 Å². The maximum Gasteiger partial charge on any atom is 0.197 e. The highest BCUT2D eigenvalue weighted by Crippen LogP contribution is 2.35. The van der Waals surface area contributed by atoms with E-state index in [1.165, 1.54) is 13.0 Å². The molecule has 2 heterocycles. The maximum absolute atomic E-state index is 11.1. The molecular weight excluding hydrogens is 265 g/mol. The van der Waals surface area contributed by atoms with Crippen LogP contribution in [0.15, 0.2) is 24.8 Å². The largest absolute Gasteiger partial charge is 0.382 e. The zero-order chi connectivity index (χ0) is 13.9. The summed E-state index contributed by atoms with van der Waals surface area (Å²) < 4.78 is 12.9. The lowest BCUT2D eigenvalue weighted by atomic mass is 10.4. The molecule has 19 heavy (non-hydrogen) atoms. The van der Waals surface area contributed by atoms with Gasteiger partial charge in [-0.3, -0.25) is 4.57 Å². The van der Waals surface area contributed by atoms with Gasteiger partial charge in [0.05, 0.1) is 6.33 Å². The molecule has 0 spiro atoms. The van der Waals surface area contributed by atoms with Crippen LogP contribution in [0.1, 0.15) is 6.42 Å². The molecule has 2 rings (SSSR count).